The Bertz CT molecular complexity index is 1040. The smallest absolute Gasteiger partial charge is 0.220 e. The quantitative estimate of drug-likeness (QED) is 0.0362. The van der Waals surface area contributed by atoms with Crippen molar-refractivity contribution in [2.24, 2.45) is 0 Å². The Morgan fingerprint density at radius 2 is 0.703 bits per heavy atom. The first-order valence-electron chi connectivity index (χ1n) is 28.4. The molecule has 5 nitrogen and oxygen atoms in total. The summed E-state index contributed by atoms with van der Waals surface area (Å²) in [6, 6.07) is -0.832. The van der Waals surface area contributed by atoms with Crippen molar-refractivity contribution >= 4 is 5.91 Å². The van der Waals surface area contributed by atoms with Crippen LogP contribution in [0.15, 0.2) is 48.6 Å². The maximum Gasteiger partial charge on any atom is 0.220 e. The van der Waals surface area contributed by atoms with Gasteiger partial charge in [-0.05, 0) is 77.0 Å². The summed E-state index contributed by atoms with van der Waals surface area (Å²) in [5, 5.41) is 33.5. The Kier molecular flexibility index (Phi) is 52.5. The second kappa shape index (κ2) is 53.9. The van der Waals surface area contributed by atoms with Crippen molar-refractivity contribution in [3.05, 3.63) is 48.6 Å². The zero-order valence-electron chi connectivity index (χ0n) is 42.9. The fourth-order valence-electron chi connectivity index (χ4n) is 8.73. The average Bonchev–Trinajstić information content (AvgIpc) is 3.30. The fourth-order valence-corrected chi connectivity index (χ4v) is 8.73. The lowest BCUT2D eigenvalue weighted by Gasteiger charge is -2.26. The normalized spacial score (nSPS) is 13.6. The van der Waals surface area contributed by atoms with Crippen LogP contribution in [0, 0.1) is 0 Å². The highest BCUT2D eigenvalue weighted by Crippen LogP contribution is 2.17. The second-order valence-corrected chi connectivity index (χ2v) is 19.5. The third-order valence-corrected chi connectivity index (χ3v) is 13.1. The molecule has 0 aromatic carbocycles. The van der Waals surface area contributed by atoms with E-state index >= 15 is 0 Å². The third kappa shape index (κ3) is 48.2. The molecule has 64 heavy (non-hydrogen) atoms. The third-order valence-electron chi connectivity index (χ3n) is 13.1. The predicted molar refractivity (Wildman–Crippen MR) is 282 cm³/mol. The molecule has 5 heteroatoms. The summed E-state index contributed by atoms with van der Waals surface area (Å²) < 4.78 is 0. The second-order valence-electron chi connectivity index (χ2n) is 19.5. The Morgan fingerprint density at radius 1 is 0.391 bits per heavy atom. The number of hydrogen-bond acceptors (Lipinski definition) is 4. The molecule has 4 N–H and O–H groups in total. The van der Waals surface area contributed by atoms with E-state index in [9.17, 15) is 20.1 Å². The highest BCUT2D eigenvalue weighted by Gasteiger charge is 2.26. The highest BCUT2D eigenvalue weighted by molar-refractivity contribution is 5.76. The zero-order chi connectivity index (χ0) is 46.5. The summed E-state index contributed by atoms with van der Waals surface area (Å²) in [6.45, 7) is 4.13. The van der Waals surface area contributed by atoms with E-state index in [1.165, 1.54) is 212 Å². The molecule has 0 spiro atoms. The van der Waals surface area contributed by atoms with E-state index in [0.29, 0.717) is 12.8 Å². The number of aliphatic hydroxyl groups is 3. The van der Waals surface area contributed by atoms with E-state index in [1.54, 1.807) is 0 Å². The van der Waals surface area contributed by atoms with E-state index in [2.05, 4.69) is 67.8 Å². The topological polar surface area (TPSA) is 89.8 Å². The molecule has 3 atom stereocenters. The van der Waals surface area contributed by atoms with Crippen LogP contribution in [0.1, 0.15) is 296 Å². The lowest BCUT2D eigenvalue weighted by molar-refractivity contribution is -0.124. The van der Waals surface area contributed by atoms with Gasteiger partial charge in [0.25, 0.3) is 0 Å². The van der Waals surface area contributed by atoms with Crippen LogP contribution in [0.2, 0.25) is 0 Å². The minimum absolute atomic E-state index is 0.158. The van der Waals surface area contributed by atoms with Gasteiger partial charge in [0.2, 0.25) is 5.91 Å². The standard InChI is InChI=1S/C59H111NO4/c1-3-5-7-9-11-13-15-16-17-18-19-20-21-22-23-24-25-26-27-28-29-30-31-32-33-34-35-36-37-38-39-40-41-42-44-46-48-50-52-54-58(63)60-56(55-61)59(64)57(62)53-51-49-47-45-43-14-12-10-8-6-4-2/h10,12,25-26,28-29,45,47,56-57,59,61-62,64H,3-9,11,13-24,27,30-44,46,48-55H2,1-2H3,(H,60,63)/b12-10+,26-25-,29-28-,47-45+. The summed E-state index contributed by atoms with van der Waals surface area (Å²) in [5.41, 5.74) is 0. The van der Waals surface area contributed by atoms with Gasteiger partial charge in [-0.2, -0.15) is 0 Å². The first-order chi connectivity index (χ1) is 31.6. The molecule has 0 aliphatic carbocycles. The van der Waals surface area contributed by atoms with Crippen LogP contribution >= 0.6 is 0 Å². The predicted octanol–water partition coefficient (Wildman–Crippen LogP) is 17.6. The van der Waals surface area contributed by atoms with Gasteiger partial charge in [0.1, 0.15) is 6.10 Å². The molecule has 0 aromatic heterocycles. The summed E-state index contributed by atoms with van der Waals surface area (Å²) in [6.07, 6.45) is 71.6. The minimum Gasteiger partial charge on any atom is -0.394 e. The van der Waals surface area contributed by atoms with Crippen LogP contribution in [0.25, 0.3) is 0 Å². The molecule has 0 saturated carbocycles. The van der Waals surface area contributed by atoms with Crippen LogP contribution in [0.4, 0.5) is 0 Å². The molecular formula is C59H111NO4. The van der Waals surface area contributed by atoms with E-state index in [0.717, 1.165) is 57.8 Å². The number of nitrogens with one attached hydrogen (secondary N) is 1. The largest absolute Gasteiger partial charge is 0.394 e. The van der Waals surface area contributed by atoms with Gasteiger partial charge in [-0.1, -0.05) is 262 Å². The van der Waals surface area contributed by atoms with Crippen molar-refractivity contribution in [3.63, 3.8) is 0 Å². The lowest BCUT2D eigenvalue weighted by atomic mass is 10.0. The summed E-state index contributed by atoms with van der Waals surface area (Å²) in [5.74, 6) is -0.158. The Labute approximate surface area is 399 Å². The van der Waals surface area contributed by atoms with Crippen molar-refractivity contribution < 1.29 is 20.1 Å². The van der Waals surface area contributed by atoms with Crippen molar-refractivity contribution in [1.29, 1.82) is 0 Å². The van der Waals surface area contributed by atoms with Crippen molar-refractivity contribution in [2.45, 2.75) is 315 Å². The molecule has 0 aliphatic rings. The zero-order valence-corrected chi connectivity index (χ0v) is 42.9. The first kappa shape index (κ1) is 62.3. The number of carbonyl (C=O) groups is 1. The van der Waals surface area contributed by atoms with Crippen LogP contribution in [-0.2, 0) is 4.79 Å². The van der Waals surface area contributed by atoms with Gasteiger partial charge >= 0.3 is 0 Å². The molecule has 0 rings (SSSR count). The molecule has 0 heterocycles. The van der Waals surface area contributed by atoms with Crippen LogP contribution < -0.4 is 5.32 Å². The lowest BCUT2D eigenvalue weighted by Crippen LogP contribution is -2.50. The molecule has 1 amide bonds. The minimum atomic E-state index is -1.17. The van der Waals surface area contributed by atoms with Crippen molar-refractivity contribution in [3.8, 4) is 0 Å². The van der Waals surface area contributed by atoms with Crippen LogP contribution in [-0.4, -0.2) is 46.1 Å². The van der Waals surface area contributed by atoms with Gasteiger partial charge in [0.15, 0.2) is 0 Å². The molecule has 0 saturated heterocycles. The SMILES string of the molecule is CCCC/C=C/CC/C=C/CCCC(O)C(O)C(CO)NC(=O)CCCCCCCCCCCCCCCCCCC/C=C\C/C=C\CCCCCCCCCCCCCCCCC. The van der Waals surface area contributed by atoms with Crippen molar-refractivity contribution in [2.75, 3.05) is 6.61 Å². The average molecular weight is 899 g/mol. The summed E-state index contributed by atoms with van der Waals surface area (Å²) in [7, 11) is 0. The van der Waals surface area contributed by atoms with Crippen LogP contribution in [0.3, 0.4) is 0 Å². The number of hydrogen-bond donors (Lipinski definition) is 4. The van der Waals surface area contributed by atoms with E-state index < -0.39 is 18.2 Å². The molecular weight excluding hydrogens is 787 g/mol. The highest BCUT2D eigenvalue weighted by atomic mass is 16.3. The van der Waals surface area contributed by atoms with Gasteiger partial charge in [-0.25, -0.2) is 0 Å². The molecule has 376 valence electrons. The molecule has 3 unspecified atom stereocenters. The number of carbonyl (C=O) groups excluding carboxylic acids is 1. The summed E-state index contributed by atoms with van der Waals surface area (Å²) >= 11 is 0. The maximum atomic E-state index is 12.5. The molecule has 0 aromatic rings. The van der Waals surface area contributed by atoms with Gasteiger partial charge in [-0.3, -0.25) is 4.79 Å². The fraction of sp³-hybridized carbons (Fsp3) is 0.847. The first-order valence-corrected chi connectivity index (χ1v) is 28.4. The van der Waals surface area contributed by atoms with Gasteiger partial charge in [-0.15, -0.1) is 0 Å². The maximum absolute atomic E-state index is 12.5. The Balaban J connectivity index is 3.46. The van der Waals surface area contributed by atoms with Gasteiger partial charge in [0.05, 0.1) is 18.8 Å². The van der Waals surface area contributed by atoms with Gasteiger partial charge in [0, 0.05) is 6.42 Å². The molecule has 0 fully saturated rings. The number of unbranched alkanes of at least 4 members (excludes halogenated alkanes) is 36. The number of rotatable bonds is 52. The molecule has 0 radical (unpaired) electrons. The van der Waals surface area contributed by atoms with E-state index in [1.807, 2.05) is 0 Å². The number of allylic oxidation sites excluding steroid dienone is 8. The molecule has 0 aliphatic heterocycles. The van der Waals surface area contributed by atoms with E-state index in [4.69, 9.17) is 0 Å². The number of aliphatic hydroxyl groups excluding tert-OH is 3. The monoisotopic (exact) mass is 898 g/mol. The Morgan fingerprint density at radius 3 is 1.09 bits per heavy atom. The Hall–Kier alpha value is -1.69. The molecule has 0 bridgehead atoms. The van der Waals surface area contributed by atoms with Crippen LogP contribution in [0.5, 0.6) is 0 Å². The summed E-state index contributed by atoms with van der Waals surface area (Å²) in [4.78, 5) is 12.5. The van der Waals surface area contributed by atoms with Crippen molar-refractivity contribution in [1.82, 2.24) is 5.32 Å². The number of amides is 1. The van der Waals surface area contributed by atoms with E-state index in [-0.39, 0.29) is 12.5 Å². The van der Waals surface area contributed by atoms with Gasteiger partial charge < -0.3 is 20.6 Å².